The molecule has 0 radical (unpaired) electrons. The second kappa shape index (κ2) is 10.8. The summed E-state index contributed by atoms with van der Waals surface area (Å²) in [4.78, 5) is 25.6. The van der Waals surface area contributed by atoms with Gasteiger partial charge in [-0.05, 0) is 80.1 Å². The van der Waals surface area contributed by atoms with Crippen LogP contribution in [0, 0.1) is 6.92 Å². The monoisotopic (exact) mass is 486 g/mol. The van der Waals surface area contributed by atoms with E-state index in [0.717, 1.165) is 0 Å². The smallest absolute Gasteiger partial charge is 0.347 e. The Kier molecular flexibility index (Phi) is 7.39. The van der Waals surface area contributed by atoms with Crippen molar-refractivity contribution in [3.63, 3.8) is 0 Å². The molecule has 0 aliphatic carbocycles. The van der Waals surface area contributed by atoms with E-state index in [1.807, 2.05) is 6.92 Å². The average Bonchev–Trinajstić information content (AvgIpc) is 3.23. The Morgan fingerprint density at radius 3 is 2.33 bits per heavy atom. The standard InChI is InChI=1S/C29H26O7/c1-5-34-22-12-15-25-23(17-22)28(18(2)35-25)29(31)36-26-14-7-19(16-27(26)33-4)6-13-24(30)20-8-10-21(32-3)11-9-20/h6-17H,5H2,1-4H3/b13-6+. The Hall–Kier alpha value is -4.52. The number of furan rings is 1. The minimum atomic E-state index is -0.573. The van der Waals surface area contributed by atoms with E-state index < -0.39 is 5.97 Å². The van der Waals surface area contributed by atoms with E-state index in [4.69, 9.17) is 23.4 Å². The molecule has 7 heteroatoms. The lowest BCUT2D eigenvalue weighted by molar-refractivity contribution is 0.0729. The summed E-state index contributed by atoms with van der Waals surface area (Å²) >= 11 is 0. The summed E-state index contributed by atoms with van der Waals surface area (Å²) in [5.41, 5.74) is 2.14. The Labute approximate surface area is 208 Å². The van der Waals surface area contributed by atoms with E-state index in [9.17, 15) is 9.59 Å². The minimum absolute atomic E-state index is 0.152. The largest absolute Gasteiger partial charge is 0.497 e. The summed E-state index contributed by atoms with van der Waals surface area (Å²) in [6.07, 6.45) is 3.14. The van der Waals surface area contributed by atoms with Gasteiger partial charge < -0.3 is 23.4 Å². The first-order valence-corrected chi connectivity index (χ1v) is 11.4. The normalized spacial score (nSPS) is 11.0. The minimum Gasteiger partial charge on any atom is -0.497 e. The van der Waals surface area contributed by atoms with Crippen molar-refractivity contribution in [2.24, 2.45) is 0 Å². The average molecular weight is 487 g/mol. The van der Waals surface area contributed by atoms with E-state index in [0.29, 0.717) is 57.3 Å². The number of rotatable bonds is 9. The van der Waals surface area contributed by atoms with Crippen molar-refractivity contribution in [1.82, 2.24) is 0 Å². The number of fused-ring (bicyclic) bond motifs is 1. The van der Waals surface area contributed by atoms with Crippen LogP contribution in [0.3, 0.4) is 0 Å². The van der Waals surface area contributed by atoms with Crippen LogP contribution >= 0.6 is 0 Å². The highest BCUT2D eigenvalue weighted by Gasteiger charge is 2.22. The van der Waals surface area contributed by atoms with Crippen molar-refractivity contribution >= 4 is 28.8 Å². The van der Waals surface area contributed by atoms with Gasteiger partial charge in [0.2, 0.25) is 0 Å². The topological polar surface area (TPSA) is 84.2 Å². The van der Waals surface area contributed by atoms with Crippen LogP contribution in [0.15, 0.2) is 71.2 Å². The number of carbonyl (C=O) groups excluding carboxylic acids is 2. The van der Waals surface area contributed by atoms with Crippen LogP contribution in [-0.2, 0) is 0 Å². The van der Waals surface area contributed by atoms with Crippen molar-refractivity contribution < 1.29 is 33.0 Å². The van der Waals surface area contributed by atoms with Gasteiger partial charge in [-0.25, -0.2) is 4.79 Å². The maximum Gasteiger partial charge on any atom is 0.347 e. The predicted octanol–water partition coefficient (Wildman–Crippen LogP) is 6.27. The van der Waals surface area contributed by atoms with Crippen LogP contribution in [-0.4, -0.2) is 32.6 Å². The molecule has 1 aromatic heterocycles. The number of benzene rings is 3. The van der Waals surface area contributed by atoms with Crippen LogP contribution in [0.25, 0.3) is 17.0 Å². The molecule has 3 aromatic carbocycles. The van der Waals surface area contributed by atoms with Crippen molar-refractivity contribution in [1.29, 1.82) is 0 Å². The van der Waals surface area contributed by atoms with Gasteiger partial charge in [-0.1, -0.05) is 12.1 Å². The third kappa shape index (κ3) is 5.25. The maximum atomic E-state index is 13.1. The molecule has 0 aliphatic rings. The molecule has 4 rings (SSSR count). The Morgan fingerprint density at radius 2 is 1.64 bits per heavy atom. The lowest BCUT2D eigenvalue weighted by Gasteiger charge is -2.10. The molecule has 7 nitrogen and oxygen atoms in total. The van der Waals surface area contributed by atoms with Crippen LogP contribution in [0.4, 0.5) is 0 Å². The van der Waals surface area contributed by atoms with E-state index in [1.54, 1.807) is 80.8 Å². The molecular weight excluding hydrogens is 460 g/mol. The summed E-state index contributed by atoms with van der Waals surface area (Å²) in [6.45, 7) is 4.10. The predicted molar refractivity (Wildman–Crippen MR) is 136 cm³/mol. The molecule has 1 heterocycles. The molecule has 0 fully saturated rings. The number of aryl methyl sites for hydroxylation is 1. The number of methoxy groups -OCH3 is 2. The third-order valence-corrected chi connectivity index (χ3v) is 5.54. The molecule has 36 heavy (non-hydrogen) atoms. The number of hydrogen-bond acceptors (Lipinski definition) is 7. The molecule has 4 aromatic rings. The zero-order valence-corrected chi connectivity index (χ0v) is 20.5. The molecule has 0 saturated carbocycles. The van der Waals surface area contributed by atoms with Gasteiger partial charge in [-0.3, -0.25) is 4.79 Å². The fraction of sp³-hybridized carbons (Fsp3) is 0.172. The Morgan fingerprint density at radius 1 is 0.889 bits per heavy atom. The van der Waals surface area contributed by atoms with Gasteiger partial charge in [0.05, 0.1) is 20.8 Å². The molecule has 0 unspecified atom stereocenters. The van der Waals surface area contributed by atoms with E-state index in [2.05, 4.69) is 0 Å². The van der Waals surface area contributed by atoms with Crippen LogP contribution in [0.5, 0.6) is 23.0 Å². The first kappa shape index (κ1) is 24.6. The third-order valence-electron chi connectivity index (χ3n) is 5.54. The van der Waals surface area contributed by atoms with E-state index in [-0.39, 0.29) is 11.5 Å². The number of ketones is 1. The molecule has 0 N–H and O–H groups in total. The highest BCUT2D eigenvalue weighted by atomic mass is 16.6. The van der Waals surface area contributed by atoms with Crippen molar-refractivity contribution in [2.75, 3.05) is 20.8 Å². The van der Waals surface area contributed by atoms with Gasteiger partial charge in [-0.2, -0.15) is 0 Å². The highest BCUT2D eigenvalue weighted by molar-refractivity contribution is 6.07. The summed E-state index contributed by atoms with van der Waals surface area (Å²) < 4.78 is 27.5. The van der Waals surface area contributed by atoms with Gasteiger partial charge in [0.25, 0.3) is 0 Å². The van der Waals surface area contributed by atoms with Gasteiger partial charge >= 0.3 is 5.97 Å². The van der Waals surface area contributed by atoms with Gasteiger partial charge in [-0.15, -0.1) is 0 Å². The van der Waals surface area contributed by atoms with Crippen molar-refractivity contribution in [3.8, 4) is 23.0 Å². The number of ether oxygens (including phenoxy) is 4. The number of carbonyl (C=O) groups is 2. The summed E-state index contributed by atoms with van der Waals surface area (Å²) in [6, 6.07) is 17.2. The molecule has 0 atom stereocenters. The number of esters is 1. The lowest BCUT2D eigenvalue weighted by Crippen LogP contribution is -2.10. The van der Waals surface area contributed by atoms with Gasteiger partial charge in [0, 0.05) is 10.9 Å². The lowest BCUT2D eigenvalue weighted by atomic mass is 10.1. The quantitative estimate of drug-likeness (QED) is 0.119. The molecule has 0 spiro atoms. The Balaban J connectivity index is 1.54. The van der Waals surface area contributed by atoms with Gasteiger partial charge in [0.1, 0.15) is 28.4 Å². The summed E-state index contributed by atoms with van der Waals surface area (Å²) in [5, 5.41) is 0.610. The first-order valence-electron chi connectivity index (χ1n) is 11.4. The summed E-state index contributed by atoms with van der Waals surface area (Å²) in [7, 11) is 3.05. The highest BCUT2D eigenvalue weighted by Crippen LogP contribution is 2.33. The molecule has 0 saturated heterocycles. The zero-order chi connectivity index (χ0) is 25.7. The molecule has 0 amide bonds. The second-order valence-corrected chi connectivity index (χ2v) is 7.85. The zero-order valence-electron chi connectivity index (χ0n) is 20.5. The number of allylic oxidation sites excluding steroid dienone is 1. The Bertz CT molecular complexity index is 1430. The van der Waals surface area contributed by atoms with Crippen LogP contribution in [0.2, 0.25) is 0 Å². The van der Waals surface area contributed by atoms with Crippen molar-refractivity contribution in [2.45, 2.75) is 13.8 Å². The molecule has 0 aliphatic heterocycles. The molecule has 0 bridgehead atoms. The van der Waals surface area contributed by atoms with E-state index in [1.165, 1.54) is 13.2 Å². The first-order chi connectivity index (χ1) is 17.4. The molecule has 184 valence electrons. The van der Waals surface area contributed by atoms with E-state index >= 15 is 0 Å². The van der Waals surface area contributed by atoms with Crippen LogP contribution < -0.4 is 18.9 Å². The summed E-state index contributed by atoms with van der Waals surface area (Å²) in [5.74, 6) is 1.63. The van der Waals surface area contributed by atoms with Crippen LogP contribution in [0.1, 0.15) is 39.0 Å². The second-order valence-electron chi connectivity index (χ2n) is 7.85. The van der Waals surface area contributed by atoms with Gasteiger partial charge in [0.15, 0.2) is 17.3 Å². The fourth-order valence-corrected chi connectivity index (χ4v) is 3.76. The van der Waals surface area contributed by atoms with Crippen molar-refractivity contribution in [3.05, 3.63) is 89.2 Å². The fourth-order valence-electron chi connectivity index (χ4n) is 3.76. The SMILES string of the molecule is CCOc1ccc2oc(C)c(C(=O)Oc3ccc(/C=C/C(=O)c4ccc(OC)cc4)cc3OC)c2c1. The maximum absolute atomic E-state index is 13.1. The number of hydrogen-bond donors (Lipinski definition) is 0. The molecular formula is C29H26O7.